The molecule has 0 saturated heterocycles. The van der Waals surface area contributed by atoms with Gasteiger partial charge in [0.1, 0.15) is 28.2 Å². The number of aromatic amines is 1. The molecule has 2 aromatic heterocycles. The summed E-state index contributed by atoms with van der Waals surface area (Å²) in [7, 11) is -4.55. The fourth-order valence-electron chi connectivity index (χ4n) is 3.81. The normalized spacial score (nSPS) is 13.8. The predicted octanol–water partition coefficient (Wildman–Crippen LogP) is 5.04. The minimum Gasteiger partial charge on any atom is -0.368 e. The Bertz CT molecular complexity index is 1550. The maximum atomic E-state index is 14.7. The lowest BCUT2D eigenvalue weighted by Gasteiger charge is -2.12. The summed E-state index contributed by atoms with van der Waals surface area (Å²) in [5.74, 6) is -3.37. The number of hydrogen-bond donors (Lipinski definition) is 2. The molecule has 12 heteroatoms. The van der Waals surface area contributed by atoms with Crippen LogP contribution < -0.4 is 5.73 Å². The van der Waals surface area contributed by atoms with Crippen molar-refractivity contribution in [2.45, 2.75) is 29.4 Å². The second-order valence-electron chi connectivity index (χ2n) is 8.16. The first-order valence-electron chi connectivity index (χ1n) is 10.5. The molecule has 0 bridgehead atoms. The standard InChI is InChI=1S/C23H17ClF3N5O2S/c24-18-12(10-35(33,34)21-15(26)2-1-3-16(21)27)8-13(25)9-14(18)19-20(17-6-7-29-23(28)30-17)32-22(31-19)11-4-5-11/h1-3,6-9,11H,4-5,10H2,(H,31,32)(H2,28,29,30). The largest absolute Gasteiger partial charge is 0.368 e. The zero-order valence-electron chi connectivity index (χ0n) is 17.9. The number of H-pyrrole nitrogens is 1. The summed E-state index contributed by atoms with van der Waals surface area (Å²) in [5.41, 5.74) is 6.68. The van der Waals surface area contributed by atoms with Gasteiger partial charge in [0, 0.05) is 17.7 Å². The summed E-state index contributed by atoms with van der Waals surface area (Å²) < 4.78 is 68.8. The zero-order valence-corrected chi connectivity index (χ0v) is 19.5. The van der Waals surface area contributed by atoms with Crippen molar-refractivity contribution in [3.05, 3.63) is 76.5 Å². The highest BCUT2D eigenvalue weighted by molar-refractivity contribution is 7.90. The van der Waals surface area contributed by atoms with Gasteiger partial charge in [-0.3, -0.25) is 0 Å². The van der Waals surface area contributed by atoms with E-state index < -0.39 is 37.9 Å². The highest BCUT2D eigenvalue weighted by Crippen LogP contribution is 2.43. The second-order valence-corrected chi connectivity index (χ2v) is 10.5. The van der Waals surface area contributed by atoms with Gasteiger partial charge in [-0.15, -0.1) is 0 Å². The molecule has 1 fully saturated rings. The van der Waals surface area contributed by atoms with Crippen LogP contribution in [0.2, 0.25) is 5.02 Å². The molecular weight excluding hydrogens is 503 g/mol. The molecule has 7 nitrogen and oxygen atoms in total. The lowest BCUT2D eigenvalue weighted by atomic mass is 10.1. The Morgan fingerprint density at radius 1 is 1.09 bits per heavy atom. The Kier molecular flexibility index (Phi) is 5.76. The number of sulfone groups is 1. The van der Waals surface area contributed by atoms with Gasteiger partial charge in [0.2, 0.25) is 5.95 Å². The zero-order chi connectivity index (χ0) is 24.9. The van der Waals surface area contributed by atoms with Crippen molar-refractivity contribution in [2.75, 3.05) is 5.73 Å². The molecule has 3 N–H and O–H groups in total. The van der Waals surface area contributed by atoms with Crippen LogP contribution in [0.4, 0.5) is 19.1 Å². The molecule has 0 unspecified atom stereocenters. The Balaban J connectivity index is 1.64. The number of anilines is 1. The summed E-state index contributed by atoms with van der Waals surface area (Å²) in [5, 5.41) is -0.121. The van der Waals surface area contributed by atoms with Crippen molar-refractivity contribution in [2.24, 2.45) is 0 Å². The Morgan fingerprint density at radius 3 is 2.46 bits per heavy atom. The van der Waals surface area contributed by atoms with Gasteiger partial charge in [-0.2, -0.15) is 0 Å². The molecule has 180 valence electrons. The molecule has 1 aliphatic carbocycles. The summed E-state index contributed by atoms with van der Waals surface area (Å²) >= 11 is 6.55. The van der Waals surface area contributed by atoms with Crippen LogP contribution in [0.15, 0.2) is 47.5 Å². The molecule has 0 spiro atoms. The minimum absolute atomic E-state index is 0.0139. The van der Waals surface area contributed by atoms with Crippen LogP contribution in [-0.2, 0) is 15.6 Å². The SMILES string of the molecule is Nc1nccc(-c2[nH]c(C3CC3)nc2-c2cc(F)cc(CS(=O)(=O)c3c(F)cccc3F)c2Cl)n1. The van der Waals surface area contributed by atoms with Crippen LogP contribution >= 0.6 is 11.6 Å². The number of nitrogens with one attached hydrogen (secondary N) is 1. The van der Waals surface area contributed by atoms with Gasteiger partial charge in [-0.1, -0.05) is 17.7 Å². The van der Waals surface area contributed by atoms with Crippen LogP contribution in [0.5, 0.6) is 0 Å². The van der Waals surface area contributed by atoms with Crippen LogP contribution in [-0.4, -0.2) is 28.4 Å². The number of imidazole rings is 1. The van der Waals surface area contributed by atoms with E-state index in [0.29, 0.717) is 17.2 Å². The van der Waals surface area contributed by atoms with Gasteiger partial charge < -0.3 is 10.7 Å². The average molecular weight is 520 g/mol. The molecule has 0 atom stereocenters. The number of nitrogen functional groups attached to an aromatic ring is 1. The number of aromatic nitrogens is 4. The van der Waals surface area contributed by atoms with Crippen molar-refractivity contribution >= 4 is 27.4 Å². The topological polar surface area (TPSA) is 115 Å². The third-order valence-electron chi connectivity index (χ3n) is 5.56. The molecule has 0 amide bonds. The first kappa shape index (κ1) is 23.3. The van der Waals surface area contributed by atoms with Crippen LogP contribution in [0.1, 0.15) is 30.1 Å². The van der Waals surface area contributed by atoms with Gasteiger partial charge in [-0.25, -0.2) is 36.5 Å². The van der Waals surface area contributed by atoms with Crippen LogP contribution in [0.25, 0.3) is 22.6 Å². The maximum absolute atomic E-state index is 14.7. The molecule has 1 aliphatic rings. The fraction of sp³-hybridized carbons (Fsp3) is 0.174. The van der Waals surface area contributed by atoms with Crippen molar-refractivity contribution in [1.82, 2.24) is 19.9 Å². The molecular formula is C23H17ClF3N5O2S. The van der Waals surface area contributed by atoms with Crippen LogP contribution in [0, 0.1) is 17.5 Å². The number of halogens is 4. The van der Waals surface area contributed by atoms with Crippen molar-refractivity contribution in [3.8, 4) is 22.6 Å². The van der Waals surface area contributed by atoms with Gasteiger partial charge >= 0.3 is 0 Å². The predicted molar refractivity (Wildman–Crippen MR) is 124 cm³/mol. The second kappa shape index (κ2) is 8.65. The van der Waals surface area contributed by atoms with E-state index in [1.54, 1.807) is 6.07 Å². The van der Waals surface area contributed by atoms with E-state index in [4.69, 9.17) is 17.3 Å². The highest BCUT2D eigenvalue weighted by atomic mass is 35.5. The molecule has 1 saturated carbocycles. The Hall–Kier alpha value is -3.44. The first-order chi connectivity index (χ1) is 16.6. The lowest BCUT2D eigenvalue weighted by Crippen LogP contribution is -2.10. The highest BCUT2D eigenvalue weighted by Gasteiger charge is 2.31. The van der Waals surface area contributed by atoms with Crippen molar-refractivity contribution in [1.29, 1.82) is 0 Å². The Labute approximate surface area is 203 Å². The summed E-state index contributed by atoms with van der Waals surface area (Å²) in [6.45, 7) is 0. The molecule has 2 heterocycles. The van der Waals surface area contributed by atoms with Crippen molar-refractivity contribution in [3.63, 3.8) is 0 Å². The maximum Gasteiger partial charge on any atom is 0.220 e. The van der Waals surface area contributed by atoms with E-state index in [-0.39, 0.29) is 33.7 Å². The van der Waals surface area contributed by atoms with Gasteiger partial charge in [0.05, 0.1) is 27.9 Å². The van der Waals surface area contributed by atoms with Gasteiger partial charge in [0.15, 0.2) is 9.84 Å². The quantitative estimate of drug-likeness (QED) is 0.369. The first-order valence-corrected chi connectivity index (χ1v) is 12.5. The molecule has 0 radical (unpaired) electrons. The number of nitrogens with zero attached hydrogens (tertiary/aromatic N) is 3. The summed E-state index contributed by atoms with van der Waals surface area (Å²) in [6.07, 6.45) is 3.30. The third-order valence-corrected chi connectivity index (χ3v) is 7.71. The monoisotopic (exact) mass is 519 g/mol. The Morgan fingerprint density at radius 2 is 1.80 bits per heavy atom. The van der Waals surface area contributed by atoms with E-state index in [1.165, 1.54) is 6.20 Å². The van der Waals surface area contributed by atoms with E-state index in [2.05, 4.69) is 19.9 Å². The van der Waals surface area contributed by atoms with E-state index in [9.17, 15) is 21.6 Å². The van der Waals surface area contributed by atoms with Gasteiger partial charge in [-0.05, 0) is 48.7 Å². The smallest absolute Gasteiger partial charge is 0.220 e. The summed E-state index contributed by atoms with van der Waals surface area (Å²) in [4.78, 5) is 14.7. The minimum atomic E-state index is -4.55. The lowest BCUT2D eigenvalue weighted by molar-refractivity contribution is 0.519. The number of nitrogens with two attached hydrogens (primary N) is 1. The van der Waals surface area contributed by atoms with Gasteiger partial charge in [0.25, 0.3) is 0 Å². The van der Waals surface area contributed by atoms with Crippen LogP contribution in [0.3, 0.4) is 0 Å². The van der Waals surface area contributed by atoms with E-state index in [1.807, 2.05) is 0 Å². The van der Waals surface area contributed by atoms with E-state index >= 15 is 0 Å². The fourth-order valence-corrected chi connectivity index (χ4v) is 5.67. The average Bonchev–Trinajstić information content (AvgIpc) is 3.54. The number of benzene rings is 2. The molecule has 5 rings (SSSR count). The third kappa shape index (κ3) is 4.48. The molecule has 4 aromatic rings. The molecule has 2 aromatic carbocycles. The van der Waals surface area contributed by atoms with E-state index in [0.717, 1.165) is 43.2 Å². The molecule has 0 aliphatic heterocycles. The molecule has 35 heavy (non-hydrogen) atoms. The number of hydrogen-bond acceptors (Lipinski definition) is 6. The summed E-state index contributed by atoms with van der Waals surface area (Å²) in [6, 6.07) is 6.33. The number of rotatable bonds is 6. The van der Waals surface area contributed by atoms with Crippen molar-refractivity contribution < 1.29 is 21.6 Å².